The zero-order chi connectivity index (χ0) is 19.5. The van der Waals surface area contributed by atoms with Gasteiger partial charge in [0.1, 0.15) is 11.8 Å². The van der Waals surface area contributed by atoms with E-state index in [1.54, 1.807) is 31.4 Å². The number of anilines is 3. The van der Waals surface area contributed by atoms with Crippen LogP contribution in [-0.2, 0) is 14.3 Å². The highest BCUT2D eigenvalue weighted by molar-refractivity contribution is 6.23. The van der Waals surface area contributed by atoms with Crippen LogP contribution in [0.15, 0.2) is 48.5 Å². The molecule has 7 heteroatoms. The van der Waals surface area contributed by atoms with Crippen molar-refractivity contribution >= 4 is 28.9 Å². The minimum absolute atomic E-state index is 0.126. The van der Waals surface area contributed by atoms with Crippen molar-refractivity contribution in [3.05, 3.63) is 48.5 Å². The van der Waals surface area contributed by atoms with Crippen molar-refractivity contribution in [1.82, 2.24) is 0 Å². The molecule has 0 radical (unpaired) electrons. The van der Waals surface area contributed by atoms with Crippen molar-refractivity contribution in [3.8, 4) is 5.75 Å². The number of benzene rings is 2. The molecule has 0 aromatic heterocycles. The van der Waals surface area contributed by atoms with Gasteiger partial charge in [0.2, 0.25) is 5.91 Å². The molecule has 7 nitrogen and oxygen atoms in total. The zero-order valence-corrected chi connectivity index (χ0v) is 15.8. The van der Waals surface area contributed by atoms with E-state index in [2.05, 4.69) is 10.2 Å². The maximum atomic E-state index is 12.8. The lowest BCUT2D eigenvalue weighted by Gasteiger charge is -2.29. The van der Waals surface area contributed by atoms with Crippen molar-refractivity contribution in [2.75, 3.05) is 48.5 Å². The summed E-state index contributed by atoms with van der Waals surface area (Å²) in [6.45, 7) is 3.22. The maximum absolute atomic E-state index is 12.8. The number of methoxy groups -OCH3 is 1. The first-order valence-corrected chi connectivity index (χ1v) is 9.36. The average Bonchev–Trinajstić information content (AvgIpc) is 3.02. The van der Waals surface area contributed by atoms with Gasteiger partial charge in [0.15, 0.2) is 0 Å². The van der Waals surface area contributed by atoms with Gasteiger partial charge in [-0.1, -0.05) is 6.07 Å². The predicted octanol–water partition coefficient (Wildman–Crippen LogP) is 2.28. The Balaban J connectivity index is 1.45. The maximum Gasteiger partial charge on any atom is 0.256 e. The summed E-state index contributed by atoms with van der Waals surface area (Å²) in [5.74, 6) is 0.129. The van der Waals surface area contributed by atoms with Gasteiger partial charge in [0, 0.05) is 30.5 Å². The molecule has 1 atom stereocenters. The van der Waals surface area contributed by atoms with Crippen LogP contribution in [0.2, 0.25) is 0 Å². The molecule has 2 saturated heterocycles. The van der Waals surface area contributed by atoms with Gasteiger partial charge in [0.05, 0.1) is 32.4 Å². The fourth-order valence-electron chi connectivity index (χ4n) is 3.56. The Morgan fingerprint density at radius 3 is 2.50 bits per heavy atom. The Hall–Kier alpha value is -3.06. The lowest BCUT2D eigenvalue weighted by atomic mass is 10.2. The third kappa shape index (κ3) is 3.66. The average molecular weight is 381 g/mol. The summed E-state index contributed by atoms with van der Waals surface area (Å²) < 4.78 is 10.6. The molecule has 1 N–H and O–H groups in total. The second-order valence-corrected chi connectivity index (χ2v) is 6.82. The van der Waals surface area contributed by atoms with Crippen LogP contribution >= 0.6 is 0 Å². The van der Waals surface area contributed by atoms with Crippen LogP contribution in [0.1, 0.15) is 6.42 Å². The molecule has 2 amide bonds. The number of hydrogen-bond donors (Lipinski definition) is 1. The van der Waals surface area contributed by atoms with Gasteiger partial charge in [-0.2, -0.15) is 0 Å². The molecular formula is C21H23N3O4. The van der Waals surface area contributed by atoms with E-state index in [4.69, 9.17) is 9.47 Å². The van der Waals surface area contributed by atoms with Crippen LogP contribution in [0.5, 0.6) is 5.75 Å². The van der Waals surface area contributed by atoms with Crippen LogP contribution in [0.4, 0.5) is 17.1 Å². The third-order valence-corrected chi connectivity index (χ3v) is 5.04. The Bertz CT molecular complexity index is 862. The number of nitrogens with zero attached hydrogens (tertiary/aromatic N) is 2. The van der Waals surface area contributed by atoms with Gasteiger partial charge in [-0.05, 0) is 36.4 Å². The number of amides is 2. The minimum Gasteiger partial charge on any atom is -0.497 e. The number of morpholine rings is 1. The van der Waals surface area contributed by atoms with Crippen molar-refractivity contribution in [1.29, 1.82) is 0 Å². The van der Waals surface area contributed by atoms with Crippen LogP contribution in [-0.4, -0.2) is 51.3 Å². The van der Waals surface area contributed by atoms with Gasteiger partial charge in [-0.15, -0.1) is 0 Å². The Kier molecular flexibility index (Phi) is 5.16. The second kappa shape index (κ2) is 7.90. The van der Waals surface area contributed by atoms with E-state index >= 15 is 0 Å². The Labute approximate surface area is 163 Å². The van der Waals surface area contributed by atoms with E-state index in [0.717, 1.165) is 37.7 Å². The molecule has 2 aliphatic rings. The van der Waals surface area contributed by atoms with Crippen molar-refractivity contribution in [2.24, 2.45) is 0 Å². The molecule has 2 heterocycles. The molecular weight excluding hydrogens is 358 g/mol. The lowest BCUT2D eigenvalue weighted by molar-refractivity contribution is -0.121. The summed E-state index contributed by atoms with van der Waals surface area (Å²) in [6, 6.07) is 14.3. The summed E-state index contributed by atoms with van der Waals surface area (Å²) in [7, 11) is 1.55. The number of carbonyl (C=O) groups is 2. The quantitative estimate of drug-likeness (QED) is 0.802. The number of nitrogens with one attached hydrogen (secondary N) is 1. The molecule has 0 spiro atoms. The summed E-state index contributed by atoms with van der Waals surface area (Å²) >= 11 is 0. The molecule has 0 aliphatic carbocycles. The van der Waals surface area contributed by atoms with E-state index in [-0.39, 0.29) is 18.2 Å². The van der Waals surface area contributed by atoms with Gasteiger partial charge < -0.3 is 19.7 Å². The van der Waals surface area contributed by atoms with Crippen molar-refractivity contribution in [3.63, 3.8) is 0 Å². The van der Waals surface area contributed by atoms with E-state index in [9.17, 15) is 9.59 Å². The van der Waals surface area contributed by atoms with Crippen LogP contribution in [0.3, 0.4) is 0 Å². The van der Waals surface area contributed by atoms with Crippen LogP contribution in [0, 0.1) is 0 Å². The largest absolute Gasteiger partial charge is 0.497 e. The molecule has 4 rings (SSSR count). The number of rotatable bonds is 5. The fraction of sp³-hybridized carbons (Fsp3) is 0.333. The summed E-state index contributed by atoms with van der Waals surface area (Å²) in [4.78, 5) is 28.8. The summed E-state index contributed by atoms with van der Waals surface area (Å²) in [5, 5.41) is 3.19. The van der Waals surface area contributed by atoms with E-state index in [1.807, 2.05) is 24.3 Å². The SMILES string of the molecule is COc1cccc(N2C(=O)C[C@H](Nc3ccc(N4CCOCC4)cc3)C2=O)c1. The Morgan fingerprint density at radius 2 is 1.79 bits per heavy atom. The van der Waals surface area contributed by atoms with Gasteiger partial charge in [-0.25, -0.2) is 4.90 Å². The molecule has 0 saturated carbocycles. The zero-order valence-electron chi connectivity index (χ0n) is 15.8. The number of carbonyl (C=O) groups excluding carboxylic acids is 2. The number of hydrogen-bond acceptors (Lipinski definition) is 6. The van der Waals surface area contributed by atoms with E-state index < -0.39 is 6.04 Å². The highest BCUT2D eigenvalue weighted by atomic mass is 16.5. The third-order valence-electron chi connectivity index (χ3n) is 5.04. The highest BCUT2D eigenvalue weighted by Gasteiger charge is 2.39. The standard InChI is InChI=1S/C21H23N3O4/c1-27-18-4-2-3-17(13-18)24-20(25)14-19(21(24)26)22-15-5-7-16(8-6-15)23-9-11-28-12-10-23/h2-8,13,19,22H,9-12,14H2,1H3/t19-/m0/s1. The molecule has 2 aromatic carbocycles. The van der Waals surface area contributed by atoms with Gasteiger partial charge in [0.25, 0.3) is 5.91 Å². The van der Waals surface area contributed by atoms with Gasteiger partial charge in [-0.3, -0.25) is 9.59 Å². The molecule has 2 aromatic rings. The van der Waals surface area contributed by atoms with E-state index in [0.29, 0.717) is 11.4 Å². The van der Waals surface area contributed by atoms with Crippen LogP contribution < -0.4 is 19.9 Å². The Morgan fingerprint density at radius 1 is 1.04 bits per heavy atom. The molecule has 2 fully saturated rings. The summed E-state index contributed by atoms with van der Waals surface area (Å²) in [5.41, 5.74) is 2.47. The normalized spacial score (nSPS) is 19.8. The molecule has 28 heavy (non-hydrogen) atoms. The van der Waals surface area contributed by atoms with Gasteiger partial charge >= 0.3 is 0 Å². The topological polar surface area (TPSA) is 71.1 Å². The van der Waals surface area contributed by atoms with Crippen molar-refractivity contribution < 1.29 is 19.1 Å². The van der Waals surface area contributed by atoms with E-state index in [1.165, 1.54) is 4.90 Å². The fourth-order valence-corrected chi connectivity index (χ4v) is 3.56. The first-order valence-electron chi connectivity index (χ1n) is 9.36. The predicted molar refractivity (Wildman–Crippen MR) is 107 cm³/mol. The molecule has 0 bridgehead atoms. The smallest absolute Gasteiger partial charge is 0.256 e. The molecule has 0 unspecified atom stereocenters. The summed E-state index contributed by atoms with van der Waals surface area (Å²) in [6.07, 6.45) is 0.126. The first kappa shape index (κ1) is 18.3. The second-order valence-electron chi connectivity index (χ2n) is 6.82. The monoisotopic (exact) mass is 381 g/mol. The highest BCUT2D eigenvalue weighted by Crippen LogP contribution is 2.28. The number of imide groups is 1. The minimum atomic E-state index is -0.576. The molecule has 2 aliphatic heterocycles. The first-order chi connectivity index (χ1) is 13.7. The van der Waals surface area contributed by atoms with Crippen molar-refractivity contribution in [2.45, 2.75) is 12.5 Å². The lowest BCUT2D eigenvalue weighted by Crippen LogP contribution is -2.36. The number of ether oxygens (including phenoxy) is 2. The molecule has 146 valence electrons. The van der Waals surface area contributed by atoms with Crippen LogP contribution in [0.25, 0.3) is 0 Å².